The lowest BCUT2D eigenvalue weighted by Crippen LogP contribution is -2.67. The fourth-order valence-corrected chi connectivity index (χ4v) is 1.13. The molecule has 2 atom stereocenters. The molecule has 1 saturated heterocycles. The van der Waals surface area contributed by atoms with Gasteiger partial charge in [0.25, 0.3) is 0 Å². The Morgan fingerprint density at radius 3 is 1.58 bits per heavy atom. The van der Waals surface area contributed by atoms with Crippen molar-refractivity contribution < 1.29 is 19.8 Å². The lowest BCUT2D eigenvalue weighted by molar-refractivity contribution is -0.320. The van der Waals surface area contributed by atoms with E-state index in [2.05, 4.69) is 10.6 Å². The molecule has 0 spiro atoms. The van der Waals surface area contributed by atoms with Gasteiger partial charge in [0.15, 0.2) is 0 Å². The van der Waals surface area contributed by atoms with Gasteiger partial charge in [0.1, 0.15) is 0 Å². The standard InChI is InChI=1S/C6H10N2O4/c9-5(10)3-4(6(11)12)8-2-1-7-3/h3-4,7-8H,1-2H2,(H,9,10)(H,11,12)/p-2. The summed E-state index contributed by atoms with van der Waals surface area (Å²) in [6.07, 6.45) is 0. The van der Waals surface area contributed by atoms with E-state index in [9.17, 15) is 19.8 Å². The molecular weight excluding hydrogens is 164 g/mol. The van der Waals surface area contributed by atoms with Gasteiger partial charge in [0.05, 0.1) is 24.0 Å². The van der Waals surface area contributed by atoms with E-state index in [0.29, 0.717) is 13.1 Å². The molecule has 0 aromatic rings. The number of carbonyl (C=O) groups is 2. The Morgan fingerprint density at radius 2 is 1.33 bits per heavy atom. The van der Waals surface area contributed by atoms with Gasteiger partial charge in [0, 0.05) is 13.1 Å². The monoisotopic (exact) mass is 172 g/mol. The number of hydrogen-bond donors (Lipinski definition) is 2. The largest absolute Gasteiger partial charge is 0.548 e. The molecule has 6 heteroatoms. The summed E-state index contributed by atoms with van der Waals surface area (Å²) in [5.74, 6) is -2.87. The maximum atomic E-state index is 10.4. The molecule has 0 bridgehead atoms. The second-order valence-electron chi connectivity index (χ2n) is 2.50. The zero-order chi connectivity index (χ0) is 9.14. The van der Waals surface area contributed by atoms with Gasteiger partial charge in [-0.1, -0.05) is 0 Å². The molecule has 0 aliphatic carbocycles. The number of nitrogens with one attached hydrogen (secondary N) is 2. The van der Waals surface area contributed by atoms with Gasteiger partial charge in [-0.25, -0.2) is 0 Å². The van der Waals surface area contributed by atoms with E-state index < -0.39 is 24.0 Å². The molecule has 0 radical (unpaired) electrons. The zero-order valence-electron chi connectivity index (χ0n) is 6.20. The molecule has 0 saturated carbocycles. The highest BCUT2D eigenvalue weighted by Crippen LogP contribution is 1.95. The van der Waals surface area contributed by atoms with Crippen molar-refractivity contribution in [1.82, 2.24) is 10.6 Å². The van der Waals surface area contributed by atoms with Gasteiger partial charge in [-0.2, -0.15) is 0 Å². The highest BCUT2D eigenvalue weighted by atomic mass is 16.4. The van der Waals surface area contributed by atoms with Crippen LogP contribution in [0.4, 0.5) is 0 Å². The molecule has 12 heavy (non-hydrogen) atoms. The van der Waals surface area contributed by atoms with Crippen LogP contribution in [0.2, 0.25) is 0 Å². The van der Waals surface area contributed by atoms with Gasteiger partial charge in [0.2, 0.25) is 0 Å². The molecule has 1 aliphatic rings. The van der Waals surface area contributed by atoms with Crippen LogP contribution in [0.25, 0.3) is 0 Å². The Kier molecular flexibility index (Phi) is 2.61. The third-order valence-electron chi connectivity index (χ3n) is 1.69. The average Bonchev–Trinajstić information content (AvgIpc) is 2.04. The zero-order valence-corrected chi connectivity index (χ0v) is 6.20. The molecule has 6 nitrogen and oxygen atoms in total. The number of aliphatic carboxylic acids is 2. The topological polar surface area (TPSA) is 104 Å². The van der Waals surface area contributed by atoms with Crippen molar-refractivity contribution in [3.8, 4) is 0 Å². The van der Waals surface area contributed by atoms with Crippen LogP contribution in [-0.4, -0.2) is 37.1 Å². The third-order valence-corrected chi connectivity index (χ3v) is 1.69. The molecule has 2 unspecified atom stereocenters. The fourth-order valence-electron chi connectivity index (χ4n) is 1.13. The maximum Gasteiger partial charge on any atom is 0.0678 e. The van der Waals surface area contributed by atoms with Crippen LogP contribution < -0.4 is 20.8 Å². The number of carbonyl (C=O) groups excluding carboxylic acids is 2. The van der Waals surface area contributed by atoms with Crippen molar-refractivity contribution in [3.05, 3.63) is 0 Å². The molecular formula is C6H8N2O4-2. The molecule has 68 valence electrons. The first kappa shape index (κ1) is 8.95. The first-order valence-electron chi connectivity index (χ1n) is 3.51. The highest BCUT2D eigenvalue weighted by molar-refractivity contribution is 5.83. The Hall–Kier alpha value is -1.14. The van der Waals surface area contributed by atoms with Gasteiger partial charge >= 0.3 is 0 Å². The Labute approximate surface area is 68.6 Å². The molecule has 0 aromatic heterocycles. The maximum absolute atomic E-state index is 10.4. The summed E-state index contributed by atoms with van der Waals surface area (Å²) in [5, 5.41) is 25.7. The van der Waals surface area contributed by atoms with Gasteiger partial charge < -0.3 is 30.4 Å². The molecule has 1 aliphatic heterocycles. The molecule has 1 heterocycles. The van der Waals surface area contributed by atoms with Crippen LogP contribution >= 0.6 is 0 Å². The van der Waals surface area contributed by atoms with Gasteiger partial charge in [-0.3, -0.25) is 0 Å². The molecule has 0 aromatic carbocycles. The van der Waals surface area contributed by atoms with Gasteiger partial charge in [-0.05, 0) is 0 Å². The van der Waals surface area contributed by atoms with Crippen LogP contribution in [0.5, 0.6) is 0 Å². The summed E-state index contributed by atoms with van der Waals surface area (Å²) >= 11 is 0. The summed E-state index contributed by atoms with van der Waals surface area (Å²) in [5.41, 5.74) is 0. The number of carboxylic acids is 2. The quantitative estimate of drug-likeness (QED) is 0.434. The van der Waals surface area contributed by atoms with E-state index in [1.54, 1.807) is 0 Å². The predicted octanol–water partition coefficient (Wildman–Crippen LogP) is -4.58. The van der Waals surface area contributed by atoms with Crippen molar-refractivity contribution in [1.29, 1.82) is 0 Å². The second-order valence-corrected chi connectivity index (χ2v) is 2.50. The van der Waals surface area contributed by atoms with Crippen molar-refractivity contribution in [2.24, 2.45) is 0 Å². The van der Waals surface area contributed by atoms with E-state index >= 15 is 0 Å². The summed E-state index contributed by atoms with van der Waals surface area (Å²) in [6, 6.07) is -2.41. The van der Waals surface area contributed by atoms with Crippen LogP contribution in [0.3, 0.4) is 0 Å². The Bertz CT molecular complexity index is 184. The first-order valence-corrected chi connectivity index (χ1v) is 3.51. The minimum atomic E-state index is -1.43. The Morgan fingerprint density at radius 1 is 1.00 bits per heavy atom. The average molecular weight is 172 g/mol. The summed E-state index contributed by atoms with van der Waals surface area (Å²) in [6.45, 7) is 0.810. The van der Waals surface area contributed by atoms with Crippen LogP contribution in [0.1, 0.15) is 0 Å². The summed E-state index contributed by atoms with van der Waals surface area (Å²) in [4.78, 5) is 20.7. The number of piperazine rings is 1. The lowest BCUT2D eigenvalue weighted by atomic mass is 10.1. The third kappa shape index (κ3) is 1.72. The number of hydrogen-bond acceptors (Lipinski definition) is 6. The molecule has 2 N–H and O–H groups in total. The van der Waals surface area contributed by atoms with Crippen LogP contribution in [-0.2, 0) is 9.59 Å². The molecule has 1 rings (SSSR count). The van der Waals surface area contributed by atoms with E-state index in [1.807, 2.05) is 0 Å². The van der Waals surface area contributed by atoms with Crippen LogP contribution in [0.15, 0.2) is 0 Å². The SMILES string of the molecule is O=C([O-])C1NCCNC1C(=O)[O-]. The highest BCUT2D eigenvalue weighted by Gasteiger charge is 2.25. The Balaban J connectivity index is 2.67. The molecule has 0 amide bonds. The summed E-state index contributed by atoms with van der Waals surface area (Å²) < 4.78 is 0. The smallest absolute Gasteiger partial charge is 0.0678 e. The second kappa shape index (κ2) is 3.51. The van der Waals surface area contributed by atoms with Crippen molar-refractivity contribution in [2.75, 3.05) is 13.1 Å². The predicted molar refractivity (Wildman–Crippen MR) is 33.6 cm³/mol. The molecule has 1 fully saturated rings. The van der Waals surface area contributed by atoms with Gasteiger partial charge in [-0.15, -0.1) is 0 Å². The fraction of sp³-hybridized carbons (Fsp3) is 0.667. The lowest BCUT2D eigenvalue weighted by Gasteiger charge is -2.34. The number of rotatable bonds is 2. The van der Waals surface area contributed by atoms with E-state index in [4.69, 9.17) is 0 Å². The van der Waals surface area contributed by atoms with Crippen molar-refractivity contribution >= 4 is 11.9 Å². The number of carboxylic acid groups (broad SMARTS) is 2. The first-order chi connectivity index (χ1) is 5.63. The normalized spacial score (nSPS) is 29.7. The van der Waals surface area contributed by atoms with Crippen molar-refractivity contribution in [2.45, 2.75) is 12.1 Å². The van der Waals surface area contributed by atoms with E-state index in [1.165, 1.54) is 0 Å². The van der Waals surface area contributed by atoms with E-state index in [0.717, 1.165) is 0 Å². The minimum absolute atomic E-state index is 0.405. The minimum Gasteiger partial charge on any atom is -0.548 e. The van der Waals surface area contributed by atoms with Crippen LogP contribution in [0, 0.1) is 0 Å². The summed E-state index contributed by atoms with van der Waals surface area (Å²) in [7, 11) is 0. The van der Waals surface area contributed by atoms with E-state index in [-0.39, 0.29) is 0 Å². The van der Waals surface area contributed by atoms with Crippen molar-refractivity contribution in [3.63, 3.8) is 0 Å².